The lowest BCUT2D eigenvalue weighted by Crippen LogP contribution is -2.42. The lowest BCUT2D eigenvalue weighted by molar-refractivity contribution is 0.0914. The molecule has 0 aliphatic carbocycles. The van der Waals surface area contributed by atoms with Crippen molar-refractivity contribution in [2.24, 2.45) is 0 Å². The molecule has 5 heteroatoms. The number of hydrogen-bond donors (Lipinski definition) is 1. The van der Waals surface area contributed by atoms with Gasteiger partial charge in [0.05, 0.1) is 0 Å². The Kier molecular flexibility index (Phi) is 5.04. The van der Waals surface area contributed by atoms with E-state index >= 15 is 0 Å². The van der Waals surface area contributed by atoms with Gasteiger partial charge in [-0.3, -0.25) is 4.79 Å². The molecular weight excluding hydrogens is 276 g/mol. The molecule has 1 aromatic heterocycles. The molecule has 1 aromatic rings. The van der Waals surface area contributed by atoms with Gasteiger partial charge in [0.25, 0.3) is 5.91 Å². The van der Waals surface area contributed by atoms with Crippen LogP contribution in [-0.2, 0) is 0 Å². The van der Waals surface area contributed by atoms with Crippen molar-refractivity contribution in [1.82, 2.24) is 15.3 Å². The summed E-state index contributed by atoms with van der Waals surface area (Å²) in [6.45, 7) is 11.0. The van der Waals surface area contributed by atoms with Crippen LogP contribution in [0.2, 0.25) is 0 Å². The molecule has 1 saturated heterocycles. The second kappa shape index (κ2) is 6.63. The molecule has 0 saturated carbocycles. The molecule has 1 atom stereocenters. The fourth-order valence-corrected chi connectivity index (χ4v) is 2.89. The van der Waals surface area contributed by atoms with E-state index in [0.29, 0.717) is 17.7 Å². The van der Waals surface area contributed by atoms with Crippen molar-refractivity contribution >= 4 is 11.9 Å². The van der Waals surface area contributed by atoms with Crippen molar-refractivity contribution in [3.8, 4) is 0 Å². The van der Waals surface area contributed by atoms with Crippen molar-refractivity contribution in [2.45, 2.75) is 71.9 Å². The Morgan fingerprint density at radius 3 is 2.73 bits per heavy atom. The highest BCUT2D eigenvalue weighted by Crippen LogP contribution is 2.24. The molecule has 1 aliphatic rings. The largest absolute Gasteiger partial charge is 0.346 e. The van der Waals surface area contributed by atoms with E-state index in [-0.39, 0.29) is 11.4 Å². The second-order valence-electron chi connectivity index (χ2n) is 7.15. The number of anilines is 1. The predicted octanol–water partition coefficient (Wildman–Crippen LogP) is 3.08. The molecule has 1 amide bonds. The monoisotopic (exact) mass is 304 g/mol. The third-order valence-electron chi connectivity index (χ3n) is 3.92. The minimum absolute atomic E-state index is 0.135. The van der Waals surface area contributed by atoms with Crippen LogP contribution in [0.5, 0.6) is 0 Å². The van der Waals surface area contributed by atoms with Crippen molar-refractivity contribution in [2.75, 3.05) is 11.4 Å². The highest BCUT2D eigenvalue weighted by Gasteiger charge is 2.25. The third kappa shape index (κ3) is 4.18. The van der Waals surface area contributed by atoms with Crippen LogP contribution in [0.4, 0.5) is 5.95 Å². The van der Waals surface area contributed by atoms with Crippen molar-refractivity contribution in [3.63, 3.8) is 0 Å². The second-order valence-corrected chi connectivity index (χ2v) is 7.15. The first-order valence-corrected chi connectivity index (χ1v) is 8.25. The van der Waals surface area contributed by atoms with Gasteiger partial charge in [0.2, 0.25) is 5.95 Å². The maximum Gasteiger partial charge on any atom is 0.270 e. The zero-order valence-corrected chi connectivity index (χ0v) is 14.4. The van der Waals surface area contributed by atoms with E-state index in [1.165, 1.54) is 12.8 Å². The maximum atomic E-state index is 12.4. The summed E-state index contributed by atoms with van der Waals surface area (Å²) in [4.78, 5) is 23.8. The van der Waals surface area contributed by atoms with E-state index in [4.69, 9.17) is 0 Å². The molecule has 5 nitrogen and oxygen atoms in total. The number of carbonyl (C=O) groups excluding carboxylic acids is 1. The van der Waals surface area contributed by atoms with Crippen LogP contribution in [0.25, 0.3) is 0 Å². The molecule has 122 valence electrons. The number of piperidine rings is 1. The lowest BCUT2D eigenvalue weighted by atomic mass is 10.0. The Morgan fingerprint density at radius 2 is 2.09 bits per heavy atom. The van der Waals surface area contributed by atoms with Gasteiger partial charge in [0, 0.05) is 23.8 Å². The molecule has 0 aromatic carbocycles. The minimum atomic E-state index is -0.271. The average molecular weight is 304 g/mol. The van der Waals surface area contributed by atoms with Gasteiger partial charge < -0.3 is 10.2 Å². The van der Waals surface area contributed by atoms with E-state index in [9.17, 15) is 4.79 Å². The number of amides is 1. The molecular formula is C17H28N4O. The van der Waals surface area contributed by atoms with Gasteiger partial charge in [-0.2, -0.15) is 0 Å². The summed E-state index contributed by atoms with van der Waals surface area (Å²) in [6.07, 6.45) is 4.69. The maximum absolute atomic E-state index is 12.4. The summed E-state index contributed by atoms with van der Waals surface area (Å²) < 4.78 is 0. The standard InChI is InChI=1S/C17H28N4O/c1-6-13-9-7-8-10-21(13)16-18-12(2)11-14(19-16)15(22)20-17(3,4)5/h11,13H,6-10H2,1-5H3,(H,20,22). The Balaban J connectivity index is 2.28. The molecule has 1 unspecified atom stereocenters. The van der Waals surface area contributed by atoms with Crippen LogP contribution in [-0.4, -0.2) is 34.0 Å². The van der Waals surface area contributed by atoms with Crippen LogP contribution in [0.1, 0.15) is 69.6 Å². The molecule has 0 bridgehead atoms. The average Bonchev–Trinajstić information content (AvgIpc) is 2.44. The van der Waals surface area contributed by atoms with Crippen LogP contribution >= 0.6 is 0 Å². The molecule has 1 aliphatic heterocycles. The summed E-state index contributed by atoms with van der Waals surface area (Å²) in [7, 11) is 0. The van der Waals surface area contributed by atoms with E-state index in [0.717, 1.165) is 25.1 Å². The van der Waals surface area contributed by atoms with Gasteiger partial charge in [0.15, 0.2) is 0 Å². The molecule has 2 heterocycles. The quantitative estimate of drug-likeness (QED) is 0.932. The van der Waals surface area contributed by atoms with Crippen molar-refractivity contribution < 1.29 is 4.79 Å². The highest BCUT2D eigenvalue weighted by atomic mass is 16.2. The fourth-order valence-electron chi connectivity index (χ4n) is 2.89. The van der Waals surface area contributed by atoms with Gasteiger partial charge in [-0.05, 0) is 59.4 Å². The topological polar surface area (TPSA) is 58.1 Å². The SMILES string of the molecule is CCC1CCCCN1c1nc(C)cc(C(=O)NC(C)(C)C)n1. The normalized spacial score (nSPS) is 19.1. The molecule has 2 rings (SSSR count). The van der Waals surface area contributed by atoms with Crippen LogP contribution < -0.4 is 10.2 Å². The lowest BCUT2D eigenvalue weighted by Gasteiger charge is -2.35. The van der Waals surface area contributed by atoms with Gasteiger partial charge in [0.1, 0.15) is 5.69 Å². The number of rotatable bonds is 3. The molecule has 22 heavy (non-hydrogen) atoms. The summed E-state index contributed by atoms with van der Waals surface area (Å²) in [5.41, 5.74) is 1.02. The van der Waals surface area contributed by atoms with Gasteiger partial charge in [-0.25, -0.2) is 9.97 Å². The van der Waals surface area contributed by atoms with Crippen LogP contribution in [0, 0.1) is 6.92 Å². The zero-order chi connectivity index (χ0) is 16.3. The smallest absolute Gasteiger partial charge is 0.270 e. The first-order chi connectivity index (χ1) is 10.3. The summed E-state index contributed by atoms with van der Waals surface area (Å²) in [6, 6.07) is 2.24. The van der Waals surface area contributed by atoms with E-state index < -0.39 is 0 Å². The minimum Gasteiger partial charge on any atom is -0.346 e. The first-order valence-electron chi connectivity index (χ1n) is 8.25. The third-order valence-corrected chi connectivity index (χ3v) is 3.92. The number of aryl methyl sites for hydroxylation is 1. The Bertz CT molecular complexity index is 536. The number of aromatic nitrogens is 2. The summed E-state index contributed by atoms with van der Waals surface area (Å²) >= 11 is 0. The van der Waals surface area contributed by atoms with Crippen molar-refractivity contribution in [3.05, 3.63) is 17.5 Å². The van der Waals surface area contributed by atoms with E-state index in [1.54, 1.807) is 6.07 Å². The summed E-state index contributed by atoms with van der Waals surface area (Å²) in [5, 5.41) is 2.97. The molecule has 1 fully saturated rings. The highest BCUT2D eigenvalue weighted by molar-refractivity contribution is 5.93. The van der Waals surface area contributed by atoms with E-state index in [2.05, 4.69) is 27.1 Å². The molecule has 1 N–H and O–H groups in total. The van der Waals surface area contributed by atoms with Gasteiger partial charge in [-0.1, -0.05) is 6.92 Å². The Labute approximate surface area is 133 Å². The van der Waals surface area contributed by atoms with E-state index in [1.807, 2.05) is 27.7 Å². The Hall–Kier alpha value is -1.65. The predicted molar refractivity (Wildman–Crippen MR) is 89.3 cm³/mol. The fraction of sp³-hybridized carbons (Fsp3) is 0.706. The van der Waals surface area contributed by atoms with Crippen LogP contribution in [0.15, 0.2) is 6.07 Å². The first kappa shape index (κ1) is 16.7. The summed E-state index contributed by atoms with van der Waals surface area (Å²) in [5.74, 6) is 0.565. The van der Waals surface area contributed by atoms with Gasteiger partial charge in [-0.15, -0.1) is 0 Å². The van der Waals surface area contributed by atoms with Crippen LogP contribution in [0.3, 0.4) is 0 Å². The number of nitrogens with one attached hydrogen (secondary N) is 1. The van der Waals surface area contributed by atoms with Crippen molar-refractivity contribution in [1.29, 1.82) is 0 Å². The molecule has 0 radical (unpaired) electrons. The number of hydrogen-bond acceptors (Lipinski definition) is 4. The molecule has 0 spiro atoms. The number of carbonyl (C=O) groups is 1. The number of nitrogens with zero attached hydrogens (tertiary/aromatic N) is 3. The Morgan fingerprint density at radius 1 is 1.36 bits per heavy atom. The zero-order valence-electron chi connectivity index (χ0n) is 14.4. The van der Waals surface area contributed by atoms with Gasteiger partial charge >= 0.3 is 0 Å².